The highest BCUT2D eigenvalue weighted by molar-refractivity contribution is 6.32. The number of rotatable bonds is 5. The van der Waals surface area contributed by atoms with Crippen molar-refractivity contribution in [1.82, 2.24) is 10.3 Å². The third-order valence-electron chi connectivity index (χ3n) is 2.36. The normalized spacial score (nSPS) is 14.1. The minimum Gasteiger partial charge on any atom is -0.393 e. The Morgan fingerprint density at radius 3 is 2.88 bits per heavy atom. The molecule has 0 spiro atoms. The molecule has 4 nitrogen and oxygen atoms in total. The number of aliphatic hydroxyl groups excluding tert-OH is 1. The highest BCUT2D eigenvalue weighted by Gasteiger charge is 2.12. The Bertz CT molecular complexity index is 383. The molecule has 0 aliphatic rings. The molecule has 1 aromatic rings. The summed E-state index contributed by atoms with van der Waals surface area (Å²) in [7, 11) is 0. The van der Waals surface area contributed by atoms with Gasteiger partial charge in [-0.05, 0) is 31.4 Å². The van der Waals surface area contributed by atoms with Crippen LogP contribution in [-0.2, 0) is 0 Å². The van der Waals surface area contributed by atoms with E-state index >= 15 is 0 Å². The molecule has 1 amide bonds. The molecule has 0 saturated heterocycles. The van der Waals surface area contributed by atoms with Crippen LogP contribution in [0.1, 0.15) is 30.6 Å². The van der Waals surface area contributed by atoms with Crippen LogP contribution >= 0.6 is 11.6 Å². The lowest BCUT2D eigenvalue weighted by Gasteiger charge is -2.14. The van der Waals surface area contributed by atoms with E-state index < -0.39 is 0 Å². The fourth-order valence-corrected chi connectivity index (χ4v) is 1.79. The number of carbonyl (C=O) groups is 1. The lowest BCUT2D eigenvalue weighted by atomic mass is 10.0. The van der Waals surface area contributed by atoms with E-state index in [1.54, 1.807) is 19.1 Å². The van der Waals surface area contributed by atoms with Crippen molar-refractivity contribution in [2.24, 2.45) is 5.92 Å². The third-order valence-corrected chi connectivity index (χ3v) is 2.66. The molecular formula is C12H17ClN2O2. The molecule has 2 N–H and O–H groups in total. The SMILES string of the molecule is CC(O)CC(C)CNC(=O)c1cccnc1Cl. The number of nitrogens with zero attached hydrogens (tertiary/aromatic N) is 1. The summed E-state index contributed by atoms with van der Waals surface area (Å²) in [6, 6.07) is 3.30. The topological polar surface area (TPSA) is 62.2 Å². The molecule has 0 radical (unpaired) electrons. The Kier molecular flexibility index (Phi) is 5.38. The van der Waals surface area contributed by atoms with Crippen LogP contribution in [0.3, 0.4) is 0 Å². The van der Waals surface area contributed by atoms with Crippen LogP contribution in [0.5, 0.6) is 0 Å². The zero-order chi connectivity index (χ0) is 12.8. The number of nitrogens with one attached hydrogen (secondary N) is 1. The van der Waals surface area contributed by atoms with Crippen molar-refractivity contribution in [2.75, 3.05) is 6.54 Å². The van der Waals surface area contributed by atoms with Gasteiger partial charge in [-0.3, -0.25) is 4.79 Å². The lowest BCUT2D eigenvalue weighted by Crippen LogP contribution is -2.29. The third kappa shape index (κ3) is 4.71. The Hall–Kier alpha value is -1.13. The summed E-state index contributed by atoms with van der Waals surface area (Å²) in [6.07, 6.45) is 1.83. The minimum absolute atomic E-state index is 0.202. The molecule has 1 rings (SSSR count). The maximum absolute atomic E-state index is 11.8. The molecule has 17 heavy (non-hydrogen) atoms. The summed E-state index contributed by atoms with van der Waals surface area (Å²) in [5.74, 6) is -0.0186. The first-order chi connectivity index (χ1) is 8.00. The molecule has 1 heterocycles. The van der Waals surface area contributed by atoms with Crippen molar-refractivity contribution < 1.29 is 9.90 Å². The van der Waals surface area contributed by atoms with E-state index in [0.717, 1.165) is 0 Å². The van der Waals surface area contributed by atoms with Gasteiger partial charge < -0.3 is 10.4 Å². The lowest BCUT2D eigenvalue weighted by molar-refractivity contribution is 0.0939. The number of pyridine rings is 1. The van der Waals surface area contributed by atoms with E-state index in [2.05, 4.69) is 10.3 Å². The molecule has 0 aliphatic carbocycles. The summed E-state index contributed by atoms with van der Waals surface area (Å²) < 4.78 is 0. The number of hydrogen-bond donors (Lipinski definition) is 2. The predicted molar refractivity (Wildman–Crippen MR) is 67.0 cm³/mol. The van der Waals surface area contributed by atoms with Gasteiger partial charge in [0.25, 0.3) is 5.91 Å². The molecular weight excluding hydrogens is 240 g/mol. The van der Waals surface area contributed by atoms with Gasteiger partial charge in [-0.1, -0.05) is 18.5 Å². The molecule has 0 saturated carbocycles. The Labute approximate surface area is 106 Å². The summed E-state index contributed by atoms with van der Waals surface area (Å²) in [5, 5.41) is 12.2. The van der Waals surface area contributed by atoms with Gasteiger partial charge in [0.1, 0.15) is 5.15 Å². The molecule has 1 aromatic heterocycles. The second kappa shape index (κ2) is 6.57. The average Bonchev–Trinajstić information content (AvgIpc) is 2.25. The van der Waals surface area contributed by atoms with E-state index in [4.69, 9.17) is 11.6 Å². The van der Waals surface area contributed by atoms with Crippen molar-refractivity contribution in [2.45, 2.75) is 26.4 Å². The Balaban J connectivity index is 2.48. The second-order valence-electron chi connectivity index (χ2n) is 4.24. The first-order valence-corrected chi connectivity index (χ1v) is 5.95. The van der Waals surface area contributed by atoms with Crippen molar-refractivity contribution >= 4 is 17.5 Å². The van der Waals surface area contributed by atoms with Crippen LogP contribution in [-0.4, -0.2) is 28.6 Å². The number of amides is 1. The van der Waals surface area contributed by atoms with Crippen LogP contribution in [0.4, 0.5) is 0 Å². The van der Waals surface area contributed by atoms with Crippen molar-refractivity contribution in [3.8, 4) is 0 Å². The maximum atomic E-state index is 11.8. The predicted octanol–water partition coefficient (Wildman–Crippen LogP) is 1.87. The van der Waals surface area contributed by atoms with Gasteiger partial charge in [0.05, 0.1) is 11.7 Å². The zero-order valence-electron chi connectivity index (χ0n) is 9.98. The molecule has 2 unspecified atom stereocenters. The van der Waals surface area contributed by atoms with E-state index in [1.807, 2.05) is 6.92 Å². The number of aliphatic hydroxyl groups is 1. The number of carbonyl (C=O) groups excluding carboxylic acids is 1. The van der Waals surface area contributed by atoms with Crippen LogP contribution in [0.15, 0.2) is 18.3 Å². The van der Waals surface area contributed by atoms with Gasteiger partial charge in [-0.25, -0.2) is 4.98 Å². The smallest absolute Gasteiger partial charge is 0.254 e. The Morgan fingerprint density at radius 1 is 1.59 bits per heavy atom. The second-order valence-corrected chi connectivity index (χ2v) is 4.60. The van der Waals surface area contributed by atoms with Gasteiger partial charge in [0, 0.05) is 12.7 Å². The molecule has 0 bridgehead atoms. The Morgan fingerprint density at radius 2 is 2.29 bits per heavy atom. The van der Waals surface area contributed by atoms with Crippen LogP contribution in [0.25, 0.3) is 0 Å². The van der Waals surface area contributed by atoms with Crippen molar-refractivity contribution in [3.63, 3.8) is 0 Å². The molecule has 94 valence electrons. The van der Waals surface area contributed by atoms with Gasteiger partial charge in [0.15, 0.2) is 0 Å². The summed E-state index contributed by atoms with van der Waals surface area (Å²) in [4.78, 5) is 15.6. The van der Waals surface area contributed by atoms with Gasteiger partial charge in [-0.2, -0.15) is 0 Å². The first-order valence-electron chi connectivity index (χ1n) is 5.57. The summed E-state index contributed by atoms with van der Waals surface area (Å²) in [6.45, 7) is 4.21. The van der Waals surface area contributed by atoms with Crippen LogP contribution in [0.2, 0.25) is 5.15 Å². The highest BCUT2D eigenvalue weighted by atomic mass is 35.5. The largest absolute Gasteiger partial charge is 0.393 e. The summed E-state index contributed by atoms with van der Waals surface area (Å²) in [5.41, 5.74) is 0.374. The first kappa shape index (κ1) is 13.9. The number of aromatic nitrogens is 1. The molecule has 0 aliphatic heterocycles. The molecule has 0 fully saturated rings. The van der Waals surface area contributed by atoms with Crippen LogP contribution in [0, 0.1) is 5.92 Å². The zero-order valence-corrected chi connectivity index (χ0v) is 10.7. The highest BCUT2D eigenvalue weighted by Crippen LogP contribution is 2.11. The molecule has 5 heteroatoms. The fourth-order valence-electron chi connectivity index (χ4n) is 1.58. The maximum Gasteiger partial charge on any atom is 0.254 e. The van der Waals surface area contributed by atoms with E-state index in [1.165, 1.54) is 6.20 Å². The average molecular weight is 257 g/mol. The quantitative estimate of drug-likeness (QED) is 0.791. The van der Waals surface area contributed by atoms with E-state index in [0.29, 0.717) is 18.5 Å². The van der Waals surface area contributed by atoms with Crippen molar-refractivity contribution in [1.29, 1.82) is 0 Å². The molecule has 2 atom stereocenters. The van der Waals surface area contributed by atoms with Crippen LogP contribution < -0.4 is 5.32 Å². The fraction of sp³-hybridized carbons (Fsp3) is 0.500. The number of halogens is 1. The minimum atomic E-state index is -0.358. The number of hydrogen-bond acceptors (Lipinski definition) is 3. The monoisotopic (exact) mass is 256 g/mol. The van der Waals surface area contributed by atoms with E-state index in [-0.39, 0.29) is 23.1 Å². The van der Waals surface area contributed by atoms with Gasteiger partial charge in [0.2, 0.25) is 0 Å². The van der Waals surface area contributed by atoms with Crippen molar-refractivity contribution in [3.05, 3.63) is 29.0 Å². The van der Waals surface area contributed by atoms with Gasteiger partial charge in [-0.15, -0.1) is 0 Å². The summed E-state index contributed by atoms with van der Waals surface area (Å²) >= 11 is 5.81. The van der Waals surface area contributed by atoms with Gasteiger partial charge >= 0.3 is 0 Å². The standard InChI is InChI=1S/C12H17ClN2O2/c1-8(6-9(2)16)7-15-12(17)10-4-3-5-14-11(10)13/h3-5,8-9,16H,6-7H2,1-2H3,(H,15,17). The molecule has 0 aromatic carbocycles. The van der Waals surface area contributed by atoms with E-state index in [9.17, 15) is 9.90 Å².